The number of amides is 1. The molecule has 1 saturated heterocycles. The Morgan fingerprint density at radius 1 is 1.35 bits per heavy atom. The Balaban J connectivity index is 1.49. The van der Waals surface area contributed by atoms with Gasteiger partial charge in [-0.05, 0) is 54.4 Å². The minimum Gasteiger partial charge on any atom is -0.508 e. The van der Waals surface area contributed by atoms with Gasteiger partial charge in [0.1, 0.15) is 5.75 Å². The van der Waals surface area contributed by atoms with Gasteiger partial charge < -0.3 is 10.4 Å². The third-order valence-corrected chi connectivity index (χ3v) is 5.08. The summed E-state index contributed by atoms with van der Waals surface area (Å²) in [6.07, 6.45) is 2.31. The molecular weight excluding hydrogens is 308 g/mol. The molecule has 0 spiro atoms. The van der Waals surface area contributed by atoms with Gasteiger partial charge in [0.2, 0.25) is 0 Å². The number of nitrogens with one attached hydrogen (secondary N) is 1. The number of hydrogen-bond acceptors (Lipinski definition) is 4. The lowest BCUT2D eigenvalue weighted by Gasteiger charge is -2.32. The lowest BCUT2D eigenvalue weighted by molar-refractivity contribution is 0.0934. The summed E-state index contributed by atoms with van der Waals surface area (Å²) < 4.78 is 0. The first-order valence-corrected chi connectivity index (χ1v) is 8.90. The monoisotopic (exact) mass is 330 g/mol. The van der Waals surface area contributed by atoms with Gasteiger partial charge in [0.05, 0.1) is 4.88 Å². The summed E-state index contributed by atoms with van der Waals surface area (Å²) in [5.41, 5.74) is 1.13. The van der Waals surface area contributed by atoms with Crippen molar-refractivity contribution in [2.24, 2.45) is 5.92 Å². The molecule has 2 aromatic rings. The number of likely N-dealkylation sites (tertiary alicyclic amines) is 1. The first-order chi connectivity index (χ1) is 11.2. The predicted octanol–water partition coefficient (Wildman–Crippen LogP) is 3.10. The van der Waals surface area contributed by atoms with Crippen molar-refractivity contribution >= 4 is 17.2 Å². The molecule has 5 heteroatoms. The molecule has 122 valence electrons. The van der Waals surface area contributed by atoms with E-state index in [2.05, 4.69) is 10.2 Å². The molecule has 1 atom stereocenters. The molecule has 0 unspecified atom stereocenters. The molecule has 2 heterocycles. The lowest BCUT2D eigenvalue weighted by atomic mass is 9.97. The molecular formula is C18H22N2O2S. The Morgan fingerprint density at radius 2 is 2.26 bits per heavy atom. The van der Waals surface area contributed by atoms with Crippen molar-refractivity contribution in [3.05, 3.63) is 52.2 Å². The molecule has 0 saturated carbocycles. The molecule has 1 aromatic heterocycles. The zero-order chi connectivity index (χ0) is 16.1. The second-order valence-electron chi connectivity index (χ2n) is 6.10. The highest BCUT2D eigenvalue weighted by atomic mass is 32.1. The van der Waals surface area contributed by atoms with E-state index in [4.69, 9.17) is 0 Å². The van der Waals surface area contributed by atoms with Gasteiger partial charge in [-0.2, -0.15) is 0 Å². The van der Waals surface area contributed by atoms with Crippen molar-refractivity contribution in [1.29, 1.82) is 0 Å². The second kappa shape index (κ2) is 7.62. The Bertz CT molecular complexity index is 642. The minimum atomic E-state index is 0.0325. The number of nitrogens with zero attached hydrogens (tertiary/aromatic N) is 1. The fraction of sp³-hybridized carbons (Fsp3) is 0.389. The summed E-state index contributed by atoms with van der Waals surface area (Å²) in [6, 6.07) is 11.2. The third kappa shape index (κ3) is 4.56. The maximum Gasteiger partial charge on any atom is 0.261 e. The molecule has 1 amide bonds. The summed E-state index contributed by atoms with van der Waals surface area (Å²) in [4.78, 5) is 15.2. The summed E-state index contributed by atoms with van der Waals surface area (Å²) in [7, 11) is 0. The molecule has 3 rings (SSSR count). The zero-order valence-corrected chi connectivity index (χ0v) is 13.9. The zero-order valence-electron chi connectivity index (χ0n) is 13.1. The molecule has 4 nitrogen and oxygen atoms in total. The number of rotatable bonds is 5. The molecule has 0 aliphatic carbocycles. The number of aromatic hydroxyl groups is 1. The summed E-state index contributed by atoms with van der Waals surface area (Å²) in [5.74, 6) is 0.842. The standard InChI is InChI=1S/C18H22N2O2S/c21-16-6-1-4-14(10-16)12-20-8-2-5-15(13-20)11-19-18(22)17-7-3-9-23-17/h1,3-4,6-7,9-10,15,21H,2,5,8,11-13H2,(H,19,22)/t15-/m0/s1. The van der Waals surface area contributed by atoms with Crippen molar-refractivity contribution in [1.82, 2.24) is 10.2 Å². The van der Waals surface area contributed by atoms with Gasteiger partial charge in [0.15, 0.2) is 0 Å². The van der Waals surface area contributed by atoms with E-state index in [9.17, 15) is 9.90 Å². The van der Waals surface area contributed by atoms with Crippen molar-refractivity contribution in [3.63, 3.8) is 0 Å². The van der Waals surface area contributed by atoms with Gasteiger partial charge in [0.25, 0.3) is 5.91 Å². The number of phenols is 1. The Morgan fingerprint density at radius 3 is 3.04 bits per heavy atom. The van der Waals surface area contributed by atoms with E-state index in [1.807, 2.05) is 35.7 Å². The van der Waals surface area contributed by atoms with Gasteiger partial charge >= 0.3 is 0 Å². The summed E-state index contributed by atoms with van der Waals surface area (Å²) in [6.45, 7) is 3.64. The Hall–Kier alpha value is -1.85. The van der Waals surface area contributed by atoms with Crippen LogP contribution >= 0.6 is 11.3 Å². The van der Waals surface area contributed by atoms with E-state index in [1.165, 1.54) is 11.3 Å². The van der Waals surface area contributed by atoms with E-state index < -0.39 is 0 Å². The molecule has 23 heavy (non-hydrogen) atoms. The normalized spacial score (nSPS) is 18.7. The largest absolute Gasteiger partial charge is 0.508 e. The van der Waals surface area contributed by atoms with Gasteiger partial charge in [0, 0.05) is 19.6 Å². The second-order valence-corrected chi connectivity index (χ2v) is 7.05. The number of carbonyl (C=O) groups is 1. The van der Waals surface area contributed by atoms with Crippen LogP contribution in [0.3, 0.4) is 0 Å². The maximum absolute atomic E-state index is 12.0. The summed E-state index contributed by atoms with van der Waals surface area (Å²) in [5, 5.41) is 14.5. The van der Waals surface area contributed by atoms with E-state index in [1.54, 1.807) is 6.07 Å². The average Bonchev–Trinajstić information content (AvgIpc) is 3.07. The lowest BCUT2D eigenvalue weighted by Crippen LogP contribution is -2.40. The van der Waals surface area contributed by atoms with Crippen LogP contribution in [-0.4, -0.2) is 35.5 Å². The van der Waals surface area contributed by atoms with Crippen LogP contribution in [0.5, 0.6) is 5.75 Å². The Kier molecular flexibility index (Phi) is 5.31. The molecule has 0 bridgehead atoms. The maximum atomic E-state index is 12.0. The number of thiophene rings is 1. The molecule has 1 aromatic carbocycles. The molecule has 0 radical (unpaired) electrons. The quantitative estimate of drug-likeness (QED) is 0.886. The number of hydrogen-bond donors (Lipinski definition) is 2. The third-order valence-electron chi connectivity index (χ3n) is 4.22. The molecule has 1 aliphatic rings. The van der Waals surface area contributed by atoms with Gasteiger partial charge in [-0.25, -0.2) is 0 Å². The Labute approximate surface area is 140 Å². The first-order valence-electron chi connectivity index (χ1n) is 8.02. The molecule has 2 N–H and O–H groups in total. The fourth-order valence-corrected chi connectivity index (χ4v) is 3.75. The van der Waals surface area contributed by atoms with E-state index in [0.717, 1.165) is 49.5 Å². The number of phenolic OH excluding ortho intramolecular Hbond substituents is 1. The van der Waals surface area contributed by atoms with Crippen LogP contribution in [-0.2, 0) is 6.54 Å². The van der Waals surface area contributed by atoms with Crippen molar-refractivity contribution in [2.45, 2.75) is 19.4 Å². The van der Waals surface area contributed by atoms with Crippen molar-refractivity contribution in [3.8, 4) is 5.75 Å². The van der Waals surface area contributed by atoms with E-state index in [0.29, 0.717) is 11.7 Å². The predicted molar refractivity (Wildman–Crippen MR) is 92.8 cm³/mol. The van der Waals surface area contributed by atoms with Crippen LogP contribution < -0.4 is 5.32 Å². The van der Waals surface area contributed by atoms with Gasteiger partial charge in [-0.1, -0.05) is 18.2 Å². The number of carbonyl (C=O) groups excluding carboxylic acids is 1. The van der Waals surface area contributed by atoms with Crippen LogP contribution in [0.15, 0.2) is 41.8 Å². The number of benzene rings is 1. The van der Waals surface area contributed by atoms with Crippen LogP contribution in [0, 0.1) is 5.92 Å². The SMILES string of the molecule is O=C(NC[C@@H]1CCCN(Cc2cccc(O)c2)C1)c1cccs1. The van der Waals surface area contributed by atoms with Crippen LogP contribution in [0.1, 0.15) is 28.1 Å². The van der Waals surface area contributed by atoms with Gasteiger partial charge in [-0.3, -0.25) is 9.69 Å². The van der Waals surface area contributed by atoms with Crippen molar-refractivity contribution < 1.29 is 9.90 Å². The highest BCUT2D eigenvalue weighted by molar-refractivity contribution is 7.12. The van der Waals surface area contributed by atoms with Crippen LogP contribution in [0.25, 0.3) is 0 Å². The van der Waals surface area contributed by atoms with Crippen molar-refractivity contribution in [2.75, 3.05) is 19.6 Å². The highest BCUT2D eigenvalue weighted by Crippen LogP contribution is 2.20. The molecule has 1 fully saturated rings. The average molecular weight is 330 g/mol. The summed E-state index contributed by atoms with van der Waals surface area (Å²) >= 11 is 1.48. The number of piperidine rings is 1. The van der Waals surface area contributed by atoms with Gasteiger partial charge in [-0.15, -0.1) is 11.3 Å². The highest BCUT2D eigenvalue weighted by Gasteiger charge is 2.21. The smallest absolute Gasteiger partial charge is 0.261 e. The van der Waals surface area contributed by atoms with E-state index in [-0.39, 0.29) is 5.91 Å². The van der Waals surface area contributed by atoms with Crippen LogP contribution in [0.2, 0.25) is 0 Å². The topological polar surface area (TPSA) is 52.6 Å². The molecule has 1 aliphatic heterocycles. The minimum absolute atomic E-state index is 0.0325. The first kappa shape index (κ1) is 16.0. The van der Waals surface area contributed by atoms with Crippen LogP contribution in [0.4, 0.5) is 0 Å². The van der Waals surface area contributed by atoms with E-state index >= 15 is 0 Å². The fourth-order valence-electron chi connectivity index (χ4n) is 3.11.